The van der Waals surface area contributed by atoms with Gasteiger partial charge >= 0.3 is 0 Å². The Balaban J connectivity index is 0.000000109. The summed E-state index contributed by atoms with van der Waals surface area (Å²) in [6.45, 7) is 5.94. The van der Waals surface area contributed by atoms with Crippen LogP contribution in [-0.2, 0) is 40.3 Å². The Morgan fingerprint density at radius 1 is 0.655 bits per heavy atom. The van der Waals surface area contributed by atoms with Gasteiger partial charge in [0.05, 0.1) is 50.3 Å². The molecule has 2 saturated carbocycles. The second kappa shape index (κ2) is 11.4. The van der Waals surface area contributed by atoms with E-state index in [1.54, 1.807) is 11.1 Å². The molecule has 14 rings (SSSR count). The minimum atomic E-state index is -5.17. The van der Waals surface area contributed by atoms with Crippen LogP contribution in [0, 0.1) is 23.7 Å². The average Bonchev–Trinajstić information content (AvgIpc) is 3.84. The van der Waals surface area contributed by atoms with Crippen LogP contribution in [0.25, 0.3) is 0 Å². The largest absolute Gasteiger partial charge is 0.759 e. The molecular weight excluding hydrogens is 721 g/mol. The predicted octanol–water partition coefficient (Wildman–Crippen LogP) is 2.85. The van der Waals surface area contributed by atoms with Crippen LogP contribution in [0.1, 0.15) is 49.7 Å². The summed E-state index contributed by atoms with van der Waals surface area (Å²) in [6, 6.07) is 19.3. The molecule has 2 aromatic carbocycles. The fourth-order valence-corrected chi connectivity index (χ4v) is 15.0. The zero-order chi connectivity index (χ0) is 37.2. The number of ether oxygens (including phenoxy) is 2. The molecule has 4 bridgehead atoms. The number of anilines is 2. The number of benzene rings is 2. The maximum atomic E-state index is 13.2. The molecule has 0 radical (unpaired) electrons. The molecule has 0 unspecified atom stereocenters. The maximum absolute atomic E-state index is 13.2. The molecule has 0 N–H and O–H groups in total. The highest BCUT2D eigenvalue weighted by molar-refractivity contribution is 7.79. The number of carbonyl (C=O) groups is 2. The average molecular weight is 765 g/mol. The molecule has 12 atom stereocenters. The van der Waals surface area contributed by atoms with Gasteiger partial charge in [0.2, 0.25) is 11.8 Å². The first-order chi connectivity index (χ1) is 26.6. The summed E-state index contributed by atoms with van der Waals surface area (Å²) in [5, 5.41) is 0. The van der Waals surface area contributed by atoms with Gasteiger partial charge in [-0.3, -0.25) is 27.8 Å². The minimum absolute atomic E-state index is 0.104. The number of para-hydroxylation sites is 2. The van der Waals surface area contributed by atoms with Crippen LogP contribution in [0.3, 0.4) is 0 Å². The van der Waals surface area contributed by atoms with Crippen molar-refractivity contribution in [1.29, 1.82) is 0 Å². The fraction of sp³-hybridized carbons (Fsp3) is 0.571. The van der Waals surface area contributed by atoms with Crippen molar-refractivity contribution in [3.63, 3.8) is 0 Å². The molecular formula is C42H44N4O8S-2. The van der Waals surface area contributed by atoms with Gasteiger partial charge in [-0.25, -0.2) is 0 Å². The summed E-state index contributed by atoms with van der Waals surface area (Å²) in [4.78, 5) is 36.2. The molecule has 2 aromatic rings. The van der Waals surface area contributed by atoms with Gasteiger partial charge in [-0.05, 0) is 73.9 Å². The molecule has 2 aliphatic carbocycles. The Kier molecular flexibility index (Phi) is 6.96. The summed E-state index contributed by atoms with van der Waals surface area (Å²) in [5.74, 6) is 2.70. The summed E-state index contributed by atoms with van der Waals surface area (Å²) in [7, 11) is -5.17. The number of rotatable bonds is 0. The lowest BCUT2D eigenvalue weighted by molar-refractivity contribution is -0.133. The summed E-state index contributed by atoms with van der Waals surface area (Å²) >= 11 is 0. The minimum Gasteiger partial charge on any atom is -0.759 e. The highest BCUT2D eigenvalue weighted by Crippen LogP contribution is 2.67. The van der Waals surface area contributed by atoms with Crippen LogP contribution in [0.15, 0.2) is 71.8 Å². The Morgan fingerprint density at radius 2 is 1.07 bits per heavy atom. The molecule has 288 valence electrons. The molecule has 8 fully saturated rings. The quantitative estimate of drug-likeness (QED) is 0.223. The van der Waals surface area contributed by atoms with E-state index in [4.69, 9.17) is 27.0 Å². The number of carbonyl (C=O) groups excluding carboxylic acids is 2. The van der Waals surface area contributed by atoms with Gasteiger partial charge in [0.25, 0.3) is 0 Å². The molecule has 10 aliphatic heterocycles. The van der Waals surface area contributed by atoms with E-state index >= 15 is 0 Å². The Hall–Kier alpha value is -3.43. The highest BCUT2D eigenvalue weighted by atomic mass is 32.3. The van der Waals surface area contributed by atoms with Crippen molar-refractivity contribution in [1.82, 2.24) is 9.80 Å². The first-order valence-corrected chi connectivity index (χ1v) is 21.5. The lowest BCUT2D eigenvalue weighted by Gasteiger charge is -2.58. The topological polar surface area (TPSA) is 146 Å². The Morgan fingerprint density at radius 3 is 1.51 bits per heavy atom. The van der Waals surface area contributed by atoms with Crippen molar-refractivity contribution in [3.8, 4) is 0 Å². The molecule has 13 heteroatoms. The van der Waals surface area contributed by atoms with E-state index in [1.165, 1.54) is 61.3 Å². The SMILES string of the molecule is O=C1C[C@@H]2OCC=C3CN4CC[C@]56c7ccccc7N1[C@H]5[C@H]2[C@H]3C[C@H]46.O=C1C[C@@H]2OCC=C3CN4CC[C@]56c7ccccc7N1[C@H]5[C@H]2[C@H]3C[C@H]46.O=S(=O)([O-])[O-]. The Bertz CT molecular complexity index is 2080. The second-order valence-electron chi connectivity index (χ2n) is 18.0. The van der Waals surface area contributed by atoms with E-state index in [0.29, 0.717) is 73.9 Å². The number of hydrogen-bond donors (Lipinski definition) is 0. The molecule has 6 saturated heterocycles. The van der Waals surface area contributed by atoms with Crippen LogP contribution in [0.5, 0.6) is 0 Å². The van der Waals surface area contributed by atoms with Gasteiger partial charge in [-0.2, -0.15) is 0 Å². The van der Waals surface area contributed by atoms with E-state index < -0.39 is 10.4 Å². The lowest BCUT2D eigenvalue weighted by Crippen LogP contribution is -2.69. The van der Waals surface area contributed by atoms with Crippen molar-refractivity contribution in [2.24, 2.45) is 23.7 Å². The van der Waals surface area contributed by atoms with Crippen molar-refractivity contribution < 1.29 is 36.6 Å². The number of hydrogen-bond acceptors (Lipinski definition) is 10. The van der Waals surface area contributed by atoms with Crippen molar-refractivity contribution in [3.05, 3.63) is 83.0 Å². The first kappa shape index (κ1) is 33.7. The predicted molar refractivity (Wildman–Crippen MR) is 197 cm³/mol. The van der Waals surface area contributed by atoms with E-state index in [1.807, 2.05) is 0 Å². The number of amides is 2. The summed E-state index contributed by atoms with van der Waals surface area (Å²) in [5.41, 5.74) is 8.71. The van der Waals surface area contributed by atoms with Crippen LogP contribution in [-0.4, -0.2) is 115 Å². The van der Waals surface area contributed by atoms with Gasteiger partial charge in [0, 0.05) is 69.6 Å². The third-order valence-electron chi connectivity index (χ3n) is 16.4. The normalized spacial score (nSPS) is 42.8. The fourth-order valence-electron chi connectivity index (χ4n) is 15.0. The molecule has 55 heavy (non-hydrogen) atoms. The monoisotopic (exact) mass is 764 g/mol. The van der Waals surface area contributed by atoms with Gasteiger partial charge in [-0.15, -0.1) is 0 Å². The van der Waals surface area contributed by atoms with Crippen LogP contribution in [0.2, 0.25) is 0 Å². The van der Waals surface area contributed by atoms with E-state index in [9.17, 15) is 9.59 Å². The molecule has 10 heterocycles. The second-order valence-corrected chi connectivity index (χ2v) is 18.8. The van der Waals surface area contributed by atoms with Gasteiger partial charge in [-0.1, -0.05) is 59.7 Å². The van der Waals surface area contributed by atoms with Crippen LogP contribution in [0.4, 0.5) is 11.4 Å². The molecule has 0 aromatic heterocycles. The number of nitrogens with zero attached hydrogens (tertiary/aromatic N) is 4. The molecule has 2 spiro atoms. The van der Waals surface area contributed by atoms with Gasteiger partial charge in [0.1, 0.15) is 0 Å². The molecule has 12 nitrogen and oxygen atoms in total. The highest BCUT2D eigenvalue weighted by Gasteiger charge is 2.72. The van der Waals surface area contributed by atoms with Crippen molar-refractivity contribution >= 4 is 33.6 Å². The van der Waals surface area contributed by atoms with E-state index in [0.717, 1.165) is 13.1 Å². The van der Waals surface area contributed by atoms with Crippen LogP contribution < -0.4 is 9.80 Å². The standard InChI is InChI=1S/2C21H22N2O2.H2O4S/c2*24-18-10-16-19-13-9-17-21(6-7-22(17)11-12(13)5-8-25-16)14-3-1-2-4-15(14)23(18)20(19)21;1-5(2,3)4/h2*1-5,13,16-17,19-20H,6-11H2;(H2,1,2,3,4)/p-2/t2*13-,16-,17-,19-,20-,21+;/m00./s1. The Labute approximate surface area is 320 Å². The third kappa shape index (κ3) is 4.30. The zero-order valence-corrected chi connectivity index (χ0v) is 31.3. The lowest BCUT2D eigenvalue weighted by atomic mass is 9.53. The maximum Gasteiger partial charge on any atom is 0.229 e. The third-order valence-corrected chi connectivity index (χ3v) is 16.4. The van der Waals surface area contributed by atoms with Crippen molar-refractivity contribution in [2.75, 3.05) is 49.2 Å². The summed E-state index contributed by atoms with van der Waals surface area (Å²) < 4.78 is 46.6. The van der Waals surface area contributed by atoms with Gasteiger partial charge < -0.3 is 28.4 Å². The first-order valence-electron chi connectivity index (χ1n) is 20.2. The number of piperidine rings is 4. The zero-order valence-electron chi connectivity index (χ0n) is 30.5. The summed E-state index contributed by atoms with van der Waals surface area (Å²) in [6.07, 6.45) is 10.9. The smallest absolute Gasteiger partial charge is 0.229 e. The van der Waals surface area contributed by atoms with Gasteiger partial charge in [0.15, 0.2) is 0 Å². The van der Waals surface area contributed by atoms with Crippen LogP contribution >= 0.6 is 0 Å². The molecule has 2 amide bonds. The van der Waals surface area contributed by atoms with Crippen molar-refractivity contribution in [2.45, 2.75) is 85.7 Å². The van der Waals surface area contributed by atoms with E-state index in [2.05, 4.69) is 80.3 Å². The molecule has 12 aliphatic rings. The van der Waals surface area contributed by atoms with E-state index in [-0.39, 0.29) is 34.9 Å². The number of fused-ring (bicyclic) bond motifs is 4.